The molecular formula is C16H22N4. The number of aromatic nitrogens is 1. The molecule has 4 N–H and O–H groups in total. The van der Waals surface area contributed by atoms with E-state index in [0.29, 0.717) is 12.0 Å². The number of fused-ring (bicyclic) bond motifs is 1. The number of aryl methyl sites for hydroxylation is 1. The smallest absolute Gasteiger partial charge is 0.188 e. The molecule has 0 aliphatic heterocycles. The van der Waals surface area contributed by atoms with Crippen molar-refractivity contribution in [2.45, 2.75) is 38.6 Å². The van der Waals surface area contributed by atoms with Crippen LogP contribution in [0.4, 0.5) is 0 Å². The molecule has 0 amide bonds. The third-order valence-electron chi connectivity index (χ3n) is 3.86. The average Bonchev–Trinajstić information content (AvgIpc) is 3.17. The Bertz CT molecular complexity index is 622. The number of nitrogens with zero attached hydrogens (tertiary/aromatic N) is 1. The van der Waals surface area contributed by atoms with Crippen LogP contribution in [0.2, 0.25) is 0 Å². The van der Waals surface area contributed by atoms with Crippen LogP contribution in [0.15, 0.2) is 29.4 Å². The summed E-state index contributed by atoms with van der Waals surface area (Å²) in [5, 5.41) is 4.52. The first kappa shape index (κ1) is 13.0. The molecule has 4 nitrogen and oxygen atoms in total. The van der Waals surface area contributed by atoms with E-state index in [9.17, 15) is 0 Å². The van der Waals surface area contributed by atoms with Gasteiger partial charge in [0.15, 0.2) is 5.96 Å². The normalized spacial score (nSPS) is 15.8. The molecule has 106 valence electrons. The number of aliphatic imine (C=N–C) groups is 1. The number of hydrogen-bond acceptors (Lipinski definition) is 1. The number of guanidine groups is 1. The average molecular weight is 270 g/mol. The van der Waals surface area contributed by atoms with Crippen LogP contribution < -0.4 is 11.1 Å². The fourth-order valence-electron chi connectivity index (χ4n) is 2.56. The number of aromatic amines is 1. The van der Waals surface area contributed by atoms with Crippen molar-refractivity contribution in [2.24, 2.45) is 10.7 Å². The Morgan fingerprint density at radius 1 is 1.40 bits per heavy atom. The van der Waals surface area contributed by atoms with Gasteiger partial charge in [-0.05, 0) is 36.8 Å². The summed E-state index contributed by atoms with van der Waals surface area (Å²) in [6.07, 6.45) is 6.51. The molecule has 1 aromatic heterocycles. The van der Waals surface area contributed by atoms with Gasteiger partial charge in [-0.2, -0.15) is 0 Å². The molecule has 4 heteroatoms. The second-order valence-corrected chi connectivity index (χ2v) is 5.44. The van der Waals surface area contributed by atoms with Gasteiger partial charge in [0.25, 0.3) is 0 Å². The van der Waals surface area contributed by atoms with Gasteiger partial charge in [0.1, 0.15) is 0 Å². The van der Waals surface area contributed by atoms with Crippen molar-refractivity contribution in [3.8, 4) is 0 Å². The highest BCUT2D eigenvalue weighted by atomic mass is 15.1. The largest absolute Gasteiger partial charge is 0.370 e. The molecule has 0 radical (unpaired) electrons. The van der Waals surface area contributed by atoms with Crippen LogP contribution in [-0.4, -0.2) is 23.5 Å². The van der Waals surface area contributed by atoms with Crippen molar-refractivity contribution in [2.75, 3.05) is 6.54 Å². The molecule has 0 unspecified atom stereocenters. The van der Waals surface area contributed by atoms with Crippen LogP contribution in [0.1, 0.15) is 30.9 Å². The topological polar surface area (TPSA) is 66.2 Å². The molecule has 0 spiro atoms. The van der Waals surface area contributed by atoms with Crippen molar-refractivity contribution in [3.05, 3.63) is 35.5 Å². The number of nitrogens with two attached hydrogens (primary N) is 1. The van der Waals surface area contributed by atoms with Crippen LogP contribution in [0.25, 0.3) is 10.9 Å². The highest BCUT2D eigenvalue weighted by Gasteiger charge is 2.21. The summed E-state index contributed by atoms with van der Waals surface area (Å²) in [6, 6.07) is 7.05. The van der Waals surface area contributed by atoms with E-state index in [2.05, 4.69) is 46.6 Å². The lowest BCUT2D eigenvalue weighted by atomic mass is 10.1. The fraction of sp³-hybridized carbons (Fsp3) is 0.438. The van der Waals surface area contributed by atoms with Gasteiger partial charge in [-0.3, -0.25) is 4.99 Å². The minimum absolute atomic E-state index is 0.568. The van der Waals surface area contributed by atoms with E-state index < -0.39 is 0 Å². The predicted molar refractivity (Wildman–Crippen MR) is 84.0 cm³/mol. The molecular weight excluding hydrogens is 248 g/mol. The summed E-state index contributed by atoms with van der Waals surface area (Å²) in [6.45, 7) is 2.92. The number of para-hydroxylation sites is 1. The molecule has 0 bridgehead atoms. The van der Waals surface area contributed by atoms with Gasteiger partial charge < -0.3 is 16.0 Å². The van der Waals surface area contributed by atoms with E-state index in [0.717, 1.165) is 19.4 Å². The highest BCUT2D eigenvalue weighted by molar-refractivity contribution is 5.86. The summed E-state index contributed by atoms with van der Waals surface area (Å²) in [7, 11) is 0. The fourth-order valence-corrected chi connectivity index (χ4v) is 2.56. The van der Waals surface area contributed by atoms with Gasteiger partial charge in [-0.15, -0.1) is 0 Å². The molecule has 1 saturated carbocycles. The number of nitrogens with one attached hydrogen (secondary N) is 2. The molecule has 1 aromatic carbocycles. The molecule has 1 heterocycles. The SMILES string of the molecule is CCc1cccc2c(CCN=C(N)NC3CC3)c[nH]c12. The Labute approximate surface area is 119 Å². The molecule has 1 aliphatic carbocycles. The summed E-state index contributed by atoms with van der Waals surface area (Å²) in [5.41, 5.74) is 9.79. The molecule has 20 heavy (non-hydrogen) atoms. The van der Waals surface area contributed by atoms with Crippen LogP contribution in [0, 0.1) is 0 Å². The number of rotatable bonds is 5. The maximum atomic E-state index is 5.84. The summed E-state index contributed by atoms with van der Waals surface area (Å²) in [4.78, 5) is 7.79. The van der Waals surface area contributed by atoms with E-state index in [-0.39, 0.29) is 0 Å². The predicted octanol–water partition coefficient (Wildman–Crippen LogP) is 2.34. The minimum Gasteiger partial charge on any atom is -0.370 e. The lowest BCUT2D eigenvalue weighted by Crippen LogP contribution is -2.33. The summed E-state index contributed by atoms with van der Waals surface area (Å²) >= 11 is 0. The lowest BCUT2D eigenvalue weighted by molar-refractivity contribution is 0.871. The van der Waals surface area contributed by atoms with Gasteiger partial charge in [0.2, 0.25) is 0 Å². The molecule has 3 rings (SSSR count). The highest BCUT2D eigenvalue weighted by Crippen LogP contribution is 2.22. The molecule has 0 atom stereocenters. The van der Waals surface area contributed by atoms with Gasteiger partial charge in [-0.1, -0.05) is 25.1 Å². The first-order chi connectivity index (χ1) is 9.78. The van der Waals surface area contributed by atoms with E-state index in [1.165, 1.54) is 34.9 Å². The Balaban J connectivity index is 1.68. The van der Waals surface area contributed by atoms with Gasteiger partial charge in [0.05, 0.1) is 0 Å². The molecule has 0 saturated heterocycles. The Hall–Kier alpha value is -1.97. The van der Waals surface area contributed by atoms with Gasteiger partial charge in [0, 0.05) is 29.7 Å². The number of benzene rings is 1. The molecule has 1 fully saturated rings. The second-order valence-electron chi connectivity index (χ2n) is 5.44. The van der Waals surface area contributed by atoms with Gasteiger partial charge >= 0.3 is 0 Å². The summed E-state index contributed by atoms with van der Waals surface area (Å²) < 4.78 is 0. The van der Waals surface area contributed by atoms with E-state index in [4.69, 9.17) is 5.73 Å². The first-order valence-corrected chi connectivity index (χ1v) is 7.42. The second kappa shape index (κ2) is 5.57. The standard InChI is InChI=1S/C16H22N4/c1-2-11-4-3-5-14-12(10-19-15(11)14)8-9-18-16(17)20-13-6-7-13/h3-5,10,13,19H,2,6-9H2,1H3,(H3,17,18,20). The van der Waals surface area contributed by atoms with Crippen LogP contribution in [-0.2, 0) is 12.8 Å². The van der Waals surface area contributed by atoms with E-state index >= 15 is 0 Å². The maximum absolute atomic E-state index is 5.84. The lowest BCUT2D eigenvalue weighted by Gasteiger charge is -2.03. The Morgan fingerprint density at radius 3 is 3.00 bits per heavy atom. The Kier molecular flexibility index (Phi) is 3.63. The van der Waals surface area contributed by atoms with Crippen molar-refractivity contribution in [3.63, 3.8) is 0 Å². The zero-order valence-corrected chi connectivity index (χ0v) is 11.9. The molecule has 1 aliphatic rings. The van der Waals surface area contributed by atoms with Gasteiger partial charge in [-0.25, -0.2) is 0 Å². The zero-order chi connectivity index (χ0) is 13.9. The zero-order valence-electron chi connectivity index (χ0n) is 11.9. The van der Waals surface area contributed by atoms with E-state index in [1.54, 1.807) is 0 Å². The quantitative estimate of drug-likeness (QED) is 0.576. The van der Waals surface area contributed by atoms with Crippen molar-refractivity contribution < 1.29 is 0 Å². The van der Waals surface area contributed by atoms with E-state index in [1.807, 2.05) is 0 Å². The minimum atomic E-state index is 0.568. The number of hydrogen-bond donors (Lipinski definition) is 3. The summed E-state index contributed by atoms with van der Waals surface area (Å²) in [5.74, 6) is 0.585. The van der Waals surface area contributed by atoms with Crippen LogP contribution in [0.5, 0.6) is 0 Å². The monoisotopic (exact) mass is 270 g/mol. The maximum Gasteiger partial charge on any atom is 0.188 e. The van der Waals surface area contributed by atoms with Crippen LogP contribution in [0.3, 0.4) is 0 Å². The first-order valence-electron chi connectivity index (χ1n) is 7.42. The van der Waals surface area contributed by atoms with Crippen molar-refractivity contribution >= 4 is 16.9 Å². The van der Waals surface area contributed by atoms with Crippen molar-refractivity contribution in [1.29, 1.82) is 0 Å². The Morgan fingerprint density at radius 2 is 2.25 bits per heavy atom. The third kappa shape index (κ3) is 2.79. The third-order valence-corrected chi connectivity index (χ3v) is 3.86. The molecule has 2 aromatic rings. The van der Waals surface area contributed by atoms with Crippen LogP contribution >= 0.6 is 0 Å². The van der Waals surface area contributed by atoms with Crippen molar-refractivity contribution in [1.82, 2.24) is 10.3 Å². The number of H-pyrrole nitrogens is 1.